The normalized spacial score (nSPS) is 10.6. The molecule has 0 aliphatic rings. The third kappa shape index (κ3) is 1.90. The van der Waals surface area contributed by atoms with Crippen molar-refractivity contribution in [1.29, 1.82) is 0 Å². The van der Waals surface area contributed by atoms with Gasteiger partial charge >= 0.3 is 0 Å². The molecule has 0 radical (unpaired) electrons. The highest BCUT2D eigenvalue weighted by Gasteiger charge is 2.09. The van der Waals surface area contributed by atoms with E-state index in [4.69, 9.17) is 4.42 Å². The Morgan fingerprint density at radius 3 is 3.06 bits per heavy atom. The summed E-state index contributed by atoms with van der Waals surface area (Å²) in [6, 6.07) is 4.90. The average molecular weight is 245 g/mol. The number of hydrogen-bond acceptors (Lipinski definition) is 5. The van der Waals surface area contributed by atoms with Crippen LogP contribution in [0.25, 0.3) is 22.3 Å². The van der Waals surface area contributed by atoms with Gasteiger partial charge in [-0.3, -0.25) is 4.79 Å². The second-order valence-electron chi connectivity index (χ2n) is 3.29. The van der Waals surface area contributed by atoms with Gasteiger partial charge in [-0.2, -0.15) is 0 Å². The number of aromatic nitrogens is 3. The maximum Gasteiger partial charge on any atom is 0.251 e. The van der Waals surface area contributed by atoms with Crippen LogP contribution in [0, 0.1) is 0 Å². The van der Waals surface area contributed by atoms with Gasteiger partial charge in [0.1, 0.15) is 10.7 Å². The van der Waals surface area contributed by atoms with Crippen LogP contribution in [-0.2, 0) is 0 Å². The first kappa shape index (κ1) is 9.98. The maximum atomic E-state index is 11.5. The molecule has 84 valence electrons. The highest BCUT2D eigenvalue weighted by Crippen LogP contribution is 2.21. The molecule has 0 unspecified atom stereocenters. The SMILES string of the molecule is O=c1cc(-c2nccs2)nc(-c2ccco2)[nH]1. The quantitative estimate of drug-likeness (QED) is 0.750. The molecular weight excluding hydrogens is 238 g/mol. The monoisotopic (exact) mass is 245 g/mol. The summed E-state index contributed by atoms with van der Waals surface area (Å²) in [5.74, 6) is 0.938. The molecule has 0 aliphatic heterocycles. The number of hydrogen-bond donors (Lipinski definition) is 1. The minimum absolute atomic E-state index is 0.225. The molecule has 0 saturated heterocycles. The molecule has 0 spiro atoms. The molecule has 0 amide bonds. The van der Waals surface area contributed by atoms with E-state index < -0.39 is 0 Å². The molecule has 0 aromatic carbocycles. The molecule has 3 heterocycles. The Hall–Kier alpha value is -2.21. The Bertz CT molecular complexity index is 616. The zero-order valence-corrected chi connectivity index (χ0v) is 9.40. The van der Waals surface area contributed by atoms with E-state index in [0.29, 0.717) is 22.3 Å². The van der Waals surface area contributed by atoms with Crippen LogP contribution in [-0.4, -0.2) is 15.0 Å². The number of thiazole rings is 1. The lowest BCUT2D eigenvalue weighted by atomic mass is 10.3. The zero-order chi connectivity index (χ0) is 11.7. The molecule has 0 bridgehead atoms. The predicted octanol–water partition coefficient (Wildman–Crippen LogP) is 2.15. The summed E-state index contributed by atoms with van der Waals surface area (Å²) < 4.78 is 5.20. The van der Waals surface area contributed by atoms with Gasteiger partial charge in [0, 0.05) is 17.6 Å². The van der Waals surface area contributed by atoms with Crippen molar-refractivity contribution < 1.29 is 4.42 Å². The van der Waals surface area contributed by atoms with E-state index in [9.17, 15) is 4.79 Å². The van der Waals surface area contributed by atoms with Crippen LogP contribution in [0.2, 0.25) is 0 Å². The summed E-state index contributed by atoms with van der Waals surface area (Å²) in [7, 11) is 0. The second-order valence-corrected chi connectivity index (χ2v) is 4.19. The molecule has 0 saturated carbocycles. The summed E-state index contributed by atoms with van der Waals surface area (Å²) in [6.45, 7) is 0. The summed E-state index contributed by atoms with van der Waals surface area (Å²) in [5, 5.41) is 2.55. The minimum atomic E-state index is -0.225. The highest BCUT2D eigenvalue weighted by molar-refractivity contribution is 7.13. The number of furan rings is 1. The third-order valence-electron chi connectivity index (χ3n) is 2.15. The molecule has 3 aromatic heterocycles. The molecule has 17 heavy (non-hydrogen) atoms. The summed E-state index contributed by atoms with van der Waals surface area (Å²) in [6.07, 6.45) is 3.21. The van der Waals surface area contributed by atoms with E-state index in [1.54, 1.807) is 18.3 Å². The second kappa shape index (κ2) is 3.99. The largest absolute Gasteiger partial charge is 0.461 e. The smallest absolute Gasteiger partial charge is 0.251 e. The molecule has 5 nitrogen and oxygen atoms in total. The summed E-state index contributed by atoms with van der Waals surface area (Å²) >= 11 is 1.43. The van der Waals surface area contributed by atoms with Crippen molar-refractivity contribution in [3.63, 3.8) is 0 Å². The highest BCUT2D eigenvalue weighted by atomic mass is 32.1. The van der Waals surface area contributed by atoms with Gasteiger partial charge in [0.15, 0.2) is 11.6 Å². The van der Waals surface area contributed by atoms with Gasteiger partial charge in [0.2, 0.25) is 0 Å². The summed E-state index contributed by atoms with van der Waals surface area (Å²) in [4.78, 5) is 22.6. The summed E-state index contributed by atoms with van der Waals surface area (Å²) in [5.41, 5.74) is 0.326. The van der Waals surface area contributed by atoms with Crippen molar-refractivity contribution in [3.05, 3.63) is 46.4 Å². The molecule has 6 heteroatoms. The first-order valence-electron chi connectivity index (χ1n) is 4.88. The van der Waals surface area contributed by atoms with Crippen LogP contribution in [0.1, 0.15) is 0 Å². The Labute approximate surface area is 99.8 Å². The average Bonchev–Trinajstić information content (AvgIpc) is 3.02. The van der Waals surface area contributed by atoms with Gasteiger partial charge in [-0.1, -0.05) is 0 Å². The Balaban J connectivity index is 2.17. The van der Waals surface area contributed by atoms with Crippen molar-refractivity contribution in [2.75, 3.05) is 0 Å². The first-order valence-corrected chi connectivity index (χ1v) is 5.76. The standard InChI is InChI=1S/C11H7N3O2S/c15-9-6-7(11-12-3-5-17-11)13-10(14-9)8-2-1-4-16-8/h1-6H,(H,13,14,15). The van der Waals surface area contributed by atoms with Crippen LogP contribution in [0.3, 0.4) is 0 Å². The molecule has 0 fully saturated rings. The van der Waals surface area contributed by atoms with Crippen molar-refractivity contribution in [3.8, 4) is 22.3 Å². The lowest BCUT2D eigenvalue weighted by molar-refractivity contribution is 0.577. The zero-order valence-electron chi connectivity index (χ0n) is 8.58. The van der Waals surface area contributed by atoms with Crippen molar-refractivity contribution in [1.82, 2.24) is 15.0 Å². The molecule has 0 aliphatic carbocycles. The Kier molecular flexibility index (Phi) is 2.34. The maximum absolute atomic E-state index is 11.5. The van der Waals surface area contributed by atoms with E-state index in [2.05, 4.69) is 15.0 Å². The fourth-order valence-electron chi connectivity index (χ4n) is 1.45. The van der Waals surface area contributed by atoms with Crippen molar-refractivity contribution >= 4 is 11.3 Å². The van der Waals surface area contributed by atoms with Crippen LogP contribution in [0.4, 0.5) is 0 Å². The van der Waals surface area contributed by atoms with Crippen LogP contribution in [0.15, 0.2) is 45.3 Å². The van der Waals surface area contributed by atoms with Gasteiger partial charge in [0.05, 0.1) is 6.26 Å². The number of rotatable bonds is 2. The van der Waals surface area contributed by atoms with Crippen molar-refractivity contribution in [2.45, 2.75) is 0 Å². The van der Waals surface area contributed by atoms with Crippen LogP contribution < -0.4 is 5.56 Å². The van der Waals surface area contributed by atoms with Gasteiger partial charge in [-0.05, 0) is 12.1 Å². The fraction of sp³-hybridized carbons (Fsp3) is 0. The molecular formula is C11H7N3O2S. The van der Waals surface area contributed by atoms with E-state index in [-0.39, 0.29) is 5.56 Å². The lowest BCUT2D eigenvalue weighted by Crippen LogP contribution is -2.08. The van der Waals surface area contributed by atoms with Crippen LogP contribution in [0.5, 0.6) is 0 Å². The van der Waals surface area contributed by atoms with E-state index in [1.807, 2.05) is 5.38 Å². The molecule has 1 N–H and O–H groups in total. The Morgan fingerprint density at radius 2 is 2.35 bits per heavy atom. The minimum Gasteiger partial charge on any atom is -0.461 e. The van der Waals surface area contributed by atoms with Crippen molar-refractivity contribution in [2.24, 2.45) is 0 Å². The van der Waals surface area contributed by atoms with E-state index in [1.165, 1.54) is 23.7 Å². The number of H-pyrrole nitrogens is 1. The van der Waals surface area contributed by atoms with Gasteiger partial charge in [0.25, 0.3) is 5.56 Å². The lowest BCUT2D eigenvalue weighted by Gasteiger charge is -1.98. The molecule has 3 rings (SSSR count). The van der Waals surface area contributed by atoms with Gasteiger partial charge in [-0.15, -0.1) is 11.3 Å². The van der Waals surface area contributed by atoms with E-state index in [0.717, 1.165) is 0 Å². The third-order valence-corrected chi connectivity index (χ3v) is 2.94. The Morgan fingerprint density at radius 1 is 1.41 bits per heavy atom. The van der Waals surface area contributed by atoms with E-state index >= 15 is 0 Å². The number of aromatic amines is 1. The predicted molar refractivity (Wildman–Crippen MR) is 63.7 cm³/mol. The van der Waals surface area contributed by atoms with Gasteiger partial charge in [-0.25, -0.2) is 9.97 Å². The number of nitrogens with one attached hydrogen (secondary N) is 1. The topological polar surface area (TPSA) is 71.8 Å². The van der Waals surface area contributed by atoms with Crippen LogP contribution >= 0.6 is 11.3 Å². The first-order chi connectivity index (χ1) is 8.33. The molecule has 3 aromatic rings. The number of nitrogens with zero attached hydrogens (tertiary/aromatic N) is 2. The van der Waals surface area contributed by atoms with Gasteiger partial charge < -0.3 is 9.40 Å². The molecule has 0 atom stereocenters. The fourth-order valence-corrected chi connectivity index (χ4v) is 2.04.